The van der Waals surface area contributed by atoms with Crippen molar-refractivity contribution in [1.29, 1.82) is 0 Å². The number of benzene rings is 2. The molecule has 3 rings (SSSR count). The van der Waals surface area contributed by atoms with E-state index in [-0.39, 0.29) is 17.6 Å². The Hall–Kier alpha value is -2.89. The highest BCUT2D eigenvalue weighted by Crippen LogP contribution is 2.22. The van der Waals surface area contributed by atoms with Gasteiger partial charge in [-0.05, 0) is 61.9 Å². The van der Waals surface area contributed by atoms with Gasteiger partial charge in [-0.2, -0.15) is 0 Å². The Kier molecular flexibility index (Phi) is 4.97. The van der Waals surface area contributed by atoms with Gasteiger partial charge in [-0.1, -0.05) is 0 Å². The maximum Gasteiger partial charge on any atom is 0.251 e. The van der Waals surface area contributed by atoms with Gasteiger partial charge in [0.1, 0.15) is 17.6 Å². The molecule has 1 aliphatic rings. The maximum atomic E-state index is 13.0. The highest BCUT2D eigenvalue weighted by atomic mass is 19.1. The second kappa shape index (κ2) is 7.34. The number of anilines is 1. The fourth-order valence-electron chi connectivity index (χ4n) is 2.80. The molecule has 6 heteroatoms. The molecule has 1 atom stereocenters. The lowest BCUT2D eigenvalue weighted by molar-refractivity contribution is -0.118. The van der Waals surface area contributed by atoms with Crippen LogP contribution < -0.4 is 15.0 Å². The molecule has 2 amide bonds. The highest BCUT2D eigenvalue weighted by molar-refractivity contribution is 6.03. The second-order valence-corrected chi connectivity index (χ2v) is 5.74. The summed E-state index contributed by atoms with van der Waals surface area (Å²) in [4.78, 5) is 26.4. The SMILES string of the molecule is CCOc1ccc(C(=O)N[C@@H]2CCN(c3ccc(F)cc3)C2=O)cc1. The molecule has 0 unspecified atom stereocenters. The van der Waals surface area contributed by atoms with Gasteiger partial charge < -0.3 is 15.0 Å². The molecule has 0 aromatic heterocycles. The molecule has 1 N–H and O–H groups in total. The van der Waals surface area contributed by atoms with Crippen molar-refractivity contribution in [2.75, 3.05) is 18.1 Å². The largest absolute Gasteiger partial charge is 0.494 e. The lowest BCUT2D eigenvalue weighted by Gasteiger charge is -2.17. The highest BCUT2D eigenvalue weighted by Gasteiger charge is 2.33. The fourth-order valence-corrected chi connectivity index (χ4v) is 2.80. The predicted octanol–water partition coefficient (Wildman–Crippen LogP) is 2.76. The number of carbonyl (C=O) groups excluding carboxylic acids is 2. The number of amides is 2. The van der Waals surface area contributed by atoms with E-state index in [0.717, 1.165) is 0 Å². The number of halogens is 1. The lowest BCUT2D eigenvalue weighted by atomic mass is 10.1. The molecule has 0 radical (unpaired) electrons. The lowest BCUT2D eigenvalue weighted by Crippen LogP contribution is -2.41. The Balaban J connectivity index is 1.64. The average molecular weight is 342 g/mol. The standard InChI is InChI=1S/C19H19FN2O3/c1-2-25-16-9-3-13(4-10-16)18(23)21-17-11-12-22(19(17)24)15-7-5-14(20)6-8-15/h3-10,17H,2,11-12H2,1H3,(H,21,23)/t17-/m1/s1. The molecule has 1 aliphatic heterocycles. The quantitative estimate of drug-likeness (QED) is 0.909. The first kappa shape index (κ1) is 17.0. The molecular formula is C19H19FN2O3. The van der Waals surface area contributed by atoms with E-state index in [2.05, 4.69) is 5.32 Å². The summed E-state index contributed by atoms with van der Waals surface area (Å²) in [5.41, 5.74) is 1.10. The van der Waals surface area contributed by atoms with Crippen LogP contribution in [0.4, 0.5) is 10.1 Å². The Morgan fingerprint density at radius 1 is 1.20 bits per heavy atom. The first-order valence-electron chi connectivity index (χ1n) is 8.19. The van der Waals surface area contributed by atoms with E-state index in [4.69, 9.17) is 4.74 Å². The van der Waals surface area contributed by atoms with Gasteiger partial charge in [-0.25, -0.2) is 4.39 Å². The molecule has 2 aromatic carbocycles. The Labute approximate surface area is 145 Å². The minimum atomic E-state index is -0.580. The van der Waals surface area contributed by atoms with E-state index in [1.165, 1.54) is 12.1 Å². The fraction of sp³-hybridized carbons (Fsp3) is 0.263. The van der Waals surface area contributed by atoms with Crippen LogP contribution in [0.5, 0.6) is 5.75 Å². The number of ether oxygens (including phenoxy) is 1. The van der Waals surface area contributed by atoms with E-state index in [0.29, 0.717) is 36.6 Å². The number of rotatable bonds is 5. The Bertz CT molecular complexity index is 759. The van der Waals surface area contributed by atoms with E-state index in [9.17, 15) is 14.0 Å². The maximum absolute atomic E-state index is 13.0. The molecule has 130 valence electrons. The van der Waals surface area contributed by atoms with Crippen LogP contribution in [0.15, 0.2) is 48.5 Å². The first-order chi connectivity index (χ1) is 12.1. The van der Waals surface area contributed by atoms with Crippen molar-refractivity contribution in [3.63, 3.8) is 0 Å². The van der Waals surface area contributed by atoms with Gasteiger partial charge in [-0.3, -0.25) is 9.59 Å². The van der Waals surface area contributed by atoms with Crippen molar-refractivity contribution in [3.05, 3.63) is 59.9 Å². The van der Waals surface area contributed by atoms with Gasteiger partial charge in [0.15, 0.2) is 0 Å². The number of nitrogens with one attached hydrogen (secondary N) is 1. The third-order valence-corrected chi connectivity index (χ3v) is 4.08. The number of hydrogen-bond acceptors (Lipinski definition) is 3. The van der Waals surface area contributed by atoms with E-state index >= 15 is 0 Å². The Morgan fingerprint density at radius 2 is 1.88 bits per heavy atom. The molecular weight excluding hydrogens is 323 g/mol. The summed E-state index contributed by atoms with van der Waals surface area (Å²) in [7, 11) is 0. The van der Waals surface area contributed by atoms with Crippen LogP contribution in [-0.2, 0) is 4.79 Å². The molecule has 0 spiro atoms. The summed E-state index contributed by atoms with van der Waals surface area (Å²) in [5, 5.41) is 2.76. The van der Waals surface area contributed by atoms with Crippen LogP contribution >= 0.6 is 0 Å². The van der Waals surface area contributed by atoms with Crippen LogP contribution in [0.25, 0.3) is 0 Å². The van der Waals surface area contributed by atoms with Crippen LogP contribution in [0, 0.1) is 5.82 Å². The molecule has 5 nitrogen and oxygen atoms in total. The van der Waals surface area contributed by atoms with Crippen LogP contribution in [0.2, 0.25) is 0 Å². The van der Waals surface area contributed by atoms with Crippen molar-refractivity contribution in [1.82, 2.24) is 5.32 Å². The minimum Gasteiger partial charge on any atom is -0.494 e. The number of carbonyl (C=O) groups is 2. The van der Waals surface area contributed by atoms with Crippen molar-refractivity contribution in [3.8, 4) is 5.75 Å². The number of nitrogens with zero attached hydrogens (tertiary/aromatic N) is 1. The molecule has 25 heavy (non-hydrogen) atoms. The van der Waals surface area contributed by atoms with Gasteiger partial charge in [0, 0.05) is 17.8 Å². The van der Waals surface area contributed by atoms with Gasteiger partial charge >= 0.3 is 0 Å². The summed E-state index contributed by atoms with van der Waals surface area (Å²) < 4.78 is 18.4. The molecule has 2 aromatic rings. The summed E-state index contributed by atoms with van der Waals surface area (Å²) in [6.07, 6.45) is 0.513. The van der Waals surface area contributed by atoms with E-state index in [1.807, 2.05) is 6.92 Å². The van der Waals surface area contributed by atoms with Gasteiger partial charge in [0.25, 0.3) is 5.91 Å². The second-order valence-electron chi connectivity index (χ2n) is 5.74. The van der Waals surface area contributed by atoms with E-state index in [1.54, 1.807) is 41.3 Å². The zero-order valence-electron chi connectivity index (χ0n) is 13.9. The van der Waals surface area contributed by atoms with Gasteiger partial charge in [-0.15, -0.1) is 0 Å². The van der Waals surface area contributed by atoms with Crippen molar-refractivity contribution >= 4 is 17.5 Å². The van der Waals surface area contributed by atoms with Crippen LogP contribution in [0.3, 0.4) is 0 Å². The summed E-state index contributed by atoms with van der Waals surface area (Å²) in [6, 6.07) is 11.9. The van der Waals surface area contributed by atoms with Crippen molar-refractivity contribution in [2.24, 2.45) is 0 Å². The van der Waals surface area contributed by atoms with Gasteiger partial charge in [0.05, 0.1) is 6.61 Å². The van der Waals surface area contributed by atoms with Crippen molar-refractivity contribution < 1.29 is 18.7 Å². The monoisotopic (exact) mass is 342 g/mol. The summed E-state index contributed by atoms with van der Waals surface area (Å²) in [5.74, 6) is -0.150. The van der Waals surface area contributed by atoms with E-state index < -0.39 is 6.04 Å². The third-order valence-electron chi connectivity index (χ3n) is 4.08. The smallest absolute Gasteiger partial charge is 0.251 e. The topological polar surface area (TPSA) is 58.6 Å². The molecule has 0 aliphatic carbocycles. The zero-order chi connectivity index (χ0) is 17.8. The normalized spacial score (nSPS) is 16.8. The first-order valence-corrected chi connectivity index (χ1v) is 8.19. The molecule has 0 saturated carbocycles. The van der Waals surface area contributed by atoms with Crippen molar-refractivity contribution in [2.45, 2.75) is 19.4 Å². The predicted molar refractivity (Wildman–Crippen MR) is 92.2 cm³/mol. The average Bonchev–Trinajstić information content (AvgIpc) is 2.97. The molecule has 1 fully saturated rings. The molecule has 1 saturated heterocycles. The Morgan fingerprint density at radius 3 is 2.52 bits per heavy atom. The van der Waals surface area contributed by atoms with Gasteiger partial charge in [0.2, 0.25) is 5.91 Å². The third kappa shape index (κ3) is 3.79. The zero-order valence-corrected chi connectivity index (χ0v) is 13.9. The van der Waals surface area contributed by atoms with Crippen LogP contribution in [0.1, 0.15) is 23.7 Å². The molecule has 1 heterocycles. The minimum absolute atomic E-state index is 0.189. The number of hydrogen-bond donors (Lipinski definition) is 1. The summed E-state index contributed by atoms with van der Waals surface area (Å²) in [6.45, 7) is 2.93. The molecule has 0 bridgehead atoms. The van der Waals surface area contributed by atoms with Crippen LogP contribution in [-0.4, -0.2) is 31.0 Å². The summed E-state index contributed by atoms with van der Waals surface area (Å²) >= 11 is 0.